The Kier molecular flexibility index (Phi) is 4.45. The van der Waals surface area contributed by atoms with Crippen LogP contribution in [0.25, 0.3) is 0 Å². The third kappa shape index (κ3) is 3.33. The number of rotatable bonds is 4. The molecule has 0 unspecified atom stereocenters. The first-order valence-electron chi connectivity index (χ1n) is 8.71. The summed E-state index contributed by atoms with van der Waals surface area (Å²) in [7, 11) is 1.54. The lowest BCUT2D eigenvalue weighted by atomic mass is 10.0. The van der Waals surface area contributed by atoms with Crippen LogP contribution in [0.5, 0.6) is 0 Å². The molecule has 0 saturated heterocycles. The van der Waals surface area contributed by atoms with Crippen molar-refractivity contribution in [2.75, 3.05) is 13.6 Å². The van der Waals surface area contributed by atoms with Crippen molar-refractivity contribution >= 4 is 11.8 Å². The summed E-state index contributed by atoms with van der Waals surface area (Å²) in [5.74, 6) is 0.285. The highest BCUT2D eigenvalue weighted by molar-refractivity contribution is 5.96. The summed E-state index contributed by atoms with van der Waals surface area (Å²) in [5.41, 5.74) is 2.54. The van der Waals surface area contributed by atoms with Crippen molar-refractivity contribution in [3.8, 4) is 0 Å². The van der Waals surface area contributed by atoms with Gasteiger partial charge in [0.2, 0.25) is 0 Å². The summed E-state index contributed by atoms with van der Waals surface area (Å²) in [6.07, 6.45) is 4.15. The molecule has 1 aromatic carbocycles. The molecular weight excluding hydrogens is 346 g/mol. The molecule has 1 aliphatic heterocycles. The molecule has 0 spiro atoms. The van der Waals surface area contributed by atoms with E-state index >= 15 is 0 Å². The molecule has 0 radical (unpaired) electrons. The summed E-state index contributed by atoms with van der Waals surface area (Å²) < 4.78 is 7.07. The Morgan fingerprint density at radius 1 is 1.30 bits per heavy atom. The highest BCUT2D eigenvalue weighted by atomic mass is 16.5. The molecule has 8 nitrogen and oxygen atoms in total. The molecule has 138 valence electrons. The molecule has 27 heavy (non-hydrogen) atoms. The van der Waals surface area contributed by atoms with Crippen molar-refractivity contribution in [1.82, 2.24) is 25.2 Å². The zero-order valence-corrected chi connectivity index (χ0v) is 14.9. The van der Waals surface area contributed by atoms with Crippen LogP contribution in [-0.2, 0) is 19.5 Å². The lowest BCUT2D eigenvalue weighted by Crippen LogP contribution is -2.36. The molecule has 0 atom stereocenters. The number of nitrogens with one attached hydrogen (secondary N) is 1. The van der Waals surface area contributed by atoms with Crippen LogP contribution in [0.1, 0.15) is 37.7 Å². The second-order valence-corrected chi connectivity index (χ2v) is 6.39. The molecule has 2 aromatic heterocycles. The third-order valence-corrected chi connectivity index (χ3v) is 4.63. The van der Waals surface area contributed by atoms with Crippen LogP contribution in [0.15, 0.2) is 47.2 Å². The van der Waals surface area contributed by atoms with E-state index in [-0.39, 0.29) is 17.5 Å². The maximum atomic E-state index is 13.0. The zero-order chi connectivity index (χ0) is 18.8. The normalized spacial score (nSPS) is 13.3. The van der Waals surface area contributed by atoms with Gasteiger partial charge in [-0.1, -0.05) is 17.3 Å². The predicted octanol–water partition coefficient (Wildman–Crippen LogP) is 1.48. The van der Waals surface area contributed by atoms with Gasteiger partial charge in [0.05, 0.1) is 13.1 Å². The lowest BCUT2D eigenvalue weighted by molar-refractivity contribution is 0.0727. The second kappa shape index (κ2) is 7.06. The van der Waals surface area contributed by atoms with Crippen molar-refractivity contribution in [1.29, 1.82) is 0 Å². The van der Waals surface area contributed by atoms with Gasteiger partial charge in [-0.2, -0.15) is 5.10 Å². The first-order chi connectivity index (χ1) is 13.2. The Bertz CT molecular complexity index is 977. The molecule has 0 bridgehead atoms. The summed E-state index contributed by atoms with van der Waals surface area (Å²) in [6, 6.07) is 9.39. The minimum absolute atomic E-state index is 0.0768. The van der Waals surface area contributed by atoms with E-state index in [1.165, 1.54) is 0 Å². The second-order valence-electron chi connectivity index (χ2n) is 6.39. The average molecular weight is 365 g/mol. The molecule has 2 amide bonds. The van der Waals surface area contributed by atoms with E-state index < -0.39 is 0 Å². The van der Waals surface area contributed by atoms with Gasteiger partial charge in [0.1, 0.15) is 5.76 Å². The van der Waals surface area contributed by atoms with Gasteiger partial charge in [0, 0.05) is 43.5 Å². The van der Waals surface area contributed by atoms with Crippen LogP contribution >= 0.6 is 0 Å². The van der Waals surface area contributed by atoms with E-state index in [2.05, 4.69) is 15.6 Å². The fraction of sp³-hybridized carbons (Fsp3) is 0.263. The van der Waals surface area contributed by atoms with Crippen molar-refractivity contribution in [3.63, 3.8) is 0 Å². The Balaban J connectivity index is 1.54. The molecule has 0 fully saturated rings. The third-order valence-electron chi connectivity index (χ3n) is 4.63. The minimum atomic E-state index is -0.310. The number of nitrogens with zero attached hydrogens (tertiary/aromatic N) is 4. The summed E-state index contributed by atoms with van der Waals surface area (Å²) in [4.78, 5) is 26.7. The molecular formula is C19H19N5O3. The smallest absolute Gasteiger partial charge is 0.273 e. The van der Waals surface area contributed by atoms with Crippen LogP contribution in [0.2, 0.25) is 0 Å². The van der Waals surface area contributed by atoms with E-state index in [0.29, 0.717) is 42.9 Å². The number of hydrogen-bond acceptors (Lipinski definition) is 5. The highest BCUT2D eigenvalue weighted by Crippen LogP contribution is 2.24. The fourth-order valence-electron chi connectivity index (χ4n) is 3.25. The van der Waals surface area contributed by atoms with Crippen LogP contribution in [-0.4, -0.2) is 45.2 Å². The number of amides is 2. The largest absolute Gasteiger partial charge is 0.360 e. The lowest BCUT2D eigenvalue weighted by Gasteiger charge is -2.26. The summed E-state index contributed by atoms with van der Waals surface area (Å²) in [5, 5.41) is 10.6. The molecule has 3 heterocycles. The number of carbonyl (C=O) groups is 2. The molecule has 3 aromatic rings. The number of fused-ring (bicyclic) bond motifs is 1. The molecule has 0 saturated carbocycles. The Morgan fingerprint density at radius 2 is 2.19 bits per heavy atom. The van der Waals surface area contributed by atoms with Gasteiger partial charge in [-0.05, 0) is 23.8 Å². The topological polar surface area (TPSA) is 93.3 Å². The van der Waals surface area contributed by atoms with E-state index in [0.717, 1.165) is 5.56 Å². The summed E-state index contributed by atoms with van der Waals surface area (Å²) in [6.45, 7) is 1.44. The number of aromatic nitrogens is 3. The Hall–Kier alpha value is -3.42. The average Bonchev–Trinajstić information content (AvgIpc) is 3.36. The van der Waals surface area contributed by atoms with Crippen LogP contribution in [0.3, 0.4) is 0 Å². The SMILES string of the molecule is CNC(=O)c1noc2c1CN(C(=O)c1cccc(Cn3cccn3)c1)CC2. The number of benzene rings is 1. The first-order valence-corrected chi connectivity index (χ1v) is 8.71. The van der Waals surface area contributed by atoms with E-state index in [4.69, 9.17) is 4.52 Å². The van der Waals surface area contributed by atoms with Gasteiger partial charge in [-0.25, -0.2) is 0 Å². The van der Waals surface area contributed by atoms with Gasteiger partial charge in [-0.3, -0.25) is 14.3 Å². The maximum absolute atomic E-state index is 13.0. The van der Waals surface area contributed by atoms with Crippen LogP contribution < -0.4 is 5.32 Å². The number of carbonyl (C=O) groups excluding carboxylic acids is 2. The van der Waals surface area contributed by atoms with Gasteiger partial charge in [-0.15, -0.1) is 0 Å². The first kappa shape index (κ1) is 17.0. The molecule has 0 aliphatic carbocycles. The van der Waals surface area contributed by atoms with Crippen molar-refractivity contribution in [3.05, 3.63) is 70.9 Å². The van der Waals surface area contributed by atoms with Gasteiger partial charge in [0.25, 0.3) is 11.8 Å². The Labute approximate surface area is 155 Å². The molecule has 1 aliphatic rings. The predicted molar refractivity (Wildman–Crippen MR) is 96.1 cm³/mol. The van der Waals surface area contributed by atoms with Gasteiger partial charge < -0.3 is 14.7 Å². The Morgan fingerprint density at radius 3 is 2.96 bits per heavy atom. The highest BCUT2D eigenvalue weighted by Gasteiger charge is 2.29. The van der Waals surface area contributed by atoms with Gasteiger partial charge in [0.15, 0.2) is 5.69 Å². The monoisotopic (exact) mass is 365 g/mol. The molecule has 4 rings (SSSR count). The maximum Gasteiger partial charge on any atom is 0.273 e. The molecule has 8 heteroatoms. The van der Waals surface area contributed by atoms with Crippen LogP contribution in [0.4, 0.5) is 0 Å². The van der Waals surface area contributed by atoms with Crippen LogP contribution in [0, 0.1) is 0 Å². The van der Waals surface area contributed by atoms with E-state index in [9.17, 15) is 9.59 Å². The standard InChI is InChI=1S/C19H19N5O3/c1-20-18(25)17-15-12-23(9-6-16(15)27-22-17)19(26)14-5-2-4-13(10-14)11-24-8-3-7-21-24/h2-5,7-8,10H,6,9,11-12H2,1H3,(H,20,25). The number of hydrogen-bond donors (Lipinski definition) is 1. The zero-order valence-electron chi connectivity index (χ0n) is 14.9. The summed E-state index contributed by atoms with van der Waals surface area (Å²) >= 11 is 0. The van der Waals surface area contributed by atoms with Crippen molar-refractivity contribution in [2.45, 2.75) is 19.5 Å². The van der Waals surface area contributed by atoms with E-state index in [1.807, 2.05) is 35.1 Å². The molecule has 1 N–H and O–H groups in total. The quantitative estimate of drug-likeness (QED) is 0.756. The van der Waals surface area contributed by atoms with Gasteiger partial charge >= 0.3 is 0 Å². The van der Waals surface area contributed by atoms with E-state index in [1.54, 1.807) is 24.2 Å². The fourth-order valence-corrected chi connectivity index (χ4v) is 3.25. The van der Waals surface area contributed by atoms with Crippen molar-refractivity contribution in [2.24, 2.45) is 0 Å². The van der Waals surface area contributed by atoms with Crippen molar-refractivity contribution < 1.29 is 14.1 Å². The minimum Gasteiger partial charge on any atom is -0.360 e.